The van der Waals surface area contributed by atoms with Crippen LogP contribution in [0.2, 0.25) is 0 Å². The number of hydrogen-bond donors (Lipinski definition) is 0. The predicted octanol–water partition coefficient (Wildman–Crippen LogP) is -0.831. The summed E-state index contributed by atoms with van der Waals surface area (Å²) in [5.74, 6) is -6.93. The van der Waals surface area contributed by atoms with Gasteiger partial charge in [0.25, 0.3) is 0 Å². The van der Waals surface area contributed by atoms with Gasteiger partial charge in [0, 0.05) is 55.4 Å². The minimum absolute atomic E-state index is 0.541. The van der Waals surface area contributed by atoms with Gasteiger partial charge in [0.1, 0.15) is 18.8 Å². The van der Waals surface area contributed by atoms with E-state index in [2.05, 4.69) is 0 Å². The van der Waals surface area contributed by atoms with Crippen molar-refractivity contribution >= 4 is 47.8 Å². The maximum atomic E-state index is 12.1. The first kappa shape index (κ1) is 38.8. The van der Waals surface area contributed by atoms with E-state index in [1.165, 1.54) is 0 Å². The first-order valence-electron chi connectivity index (χ1n) is 14.2. The molecule has 4 unspecified atom stereocenters. The third-order valence-corrected chi connectivity index (χ3v) is 6.15. The molecule has 47 heavy (non-hydrogen) atoms. The van der Waals surface area contributed by atoms with E-state index in [1.54, 1.807) is 0 Å². The molecule has 0 bridgehead atoms. The maximum Gasteiger partial charge on any atom is 0.305 e. The summed E-state index contributed by atoms with van der Waals surface area (Å²) in [6.45, 7) is 7.09. The fourth-order valence-corrected chi connectivity index (χ4v) is 4.76. The highest BCUT2D eigenvalue weighted by Crippen LogP contribution is 2.33. The fraction of sp³-hybridized carbons (Fsp3) is 0.714. The second-order valence-electron chi connectivity index (χ2n) is 10.3. The highest BCUT2D eigenvalue weighted by Gasteiger charge is 2.56. The van der Waals surface area contributed by atoms with E-state index in [4.69, 9.17) is 52.1 Å². The molecule has 0 aromatic rings. The van der Waals surface area contributed by atoms with E-state index >= 15 is 0 Å². The van der Waals surface area contributed by atoms with Crippen LogP contribution in [0.5, 0.6) is 0 Å². The van der Waals surface area contributed by atoms with Gasteiger partial charge in [-0.15, -0.1) is 0 Å². The Kier molecular flexibility index (Phi) is 14.5. The molecule has 0 amide bonds. The Morgan fingerprint density at radius 3 is 1.09 bits per heavy atom. The summed E-state index contributed by atoms with van der Waals surface area (Å²) in [5, 5.41) is 0. The molecular weight excluding hydrogens is 640 g/mol. The van der Waals surface area contributed by atoms with Gasteiger partial charge in [-0.2, -0.15) is 0 Å². The van der Waals surface area contributed by atoms with Crippen LogP contribution in [0, 0.1) is 0 Å². The van der Waals surface area contributed by atoms with Crippen LogP contribution >= 0.6 is 0 Å². The topological polar surface area (TPSA) is 238 Å². The SMILES string of the molecule is CC(=O)OCC1O[C@@H](OCC2O[C@@H](OC(C)=O)C(OC(C)=O)[C@@H](OC(C)=O)[C@@H]2OC(C)=O)C(OC(C)=O)[C@@H](OC(C)=O)[C@@H]1OC(C)=O. The monoisotopic (exact) mass is 678 g/mol. The Balaban J connectivity index is 2.56. The summed E-state index contributed by atoms with van der Waals surface area (Å²) in [6, 6.07) is 0. The van der Waals surface area contributed by atoms with E-state index in [9.17, 15) is 38.4 Å². The zero-order chi connectivity index (χ0) is 35.6. The molecule has 2 saturated heterocycles. The van der Waals surface area contributed by atoms with Crippen molar-refractivity contribution in [3.63, 3.8) is 0 Å². The summed E-state index contributed by atoms with van der Waals surface area (Å²) in [4.78, 5) is 95.9. The minimum atomic E-state index is -1.71. The maximum absolute atomic E-state index is 12.1. The molecule has 2 fully saturated rings. The Morgan fingerprint density at radius 1 is 0.383 bits per heavy atom. The molecule has 2 rings (SSSR count). The lowest BCUT2D eigenvalue weighted by atomic mass is 9.97. The second-order valence-corrected chi connectivity index (χ2v) is 10.3. The second kappa shape index (κ2) is 17.5. The largest absolute Gasteiger partial charge is 0.463 e. The number of carbonyl (C=O) groups is 8. The van der Waals surface area contributed by atoms with Crippen LogP contribution in [0.25, 0.3) is 0 Å². The van der Waals surface area contributed by atoms with Crippen molar-refractivity contribution in [2.45, 2.75) is 117 Å². The molecule has 0 radical (unpaired) electrons. The van der Waals surface area contributed by atoms with E-state index in [1.807, 2.05) is 0 Å². The first-order chi connectivity index (χ1) is 21.9. The van der Waals surface area contributed by atoms with E-state index in [-0.39, 0.29) is 0 Å². The van der Waals surface area contributed by atoms with Crippen LogP contribution < -0.4 is 0 Å². The summed E-state index contributed by atoms with van der Waals surface area (Å²) < 4.78 is 59.8. The zero-order valence-corrected chi connectivity index (χ0v) is 26.9. The lowest BCUT2D eigenvalue weighted by Crippen LogP contribution is -2.65. The van der Waals surface area contributed by atoms with Gasteiger partial charge < -0.3 is 52.1 Å². The van der Waals surface area contributed by atoms with Crippen molar-refractivity contribution in [3.8, 4) is 0 Å². The number of rotatable bonds is 12. The summed E-state index contributed by atoms with van der Waals surface area (Å²) in [7, 11) is 0. The highest BCUT2D eigenvalue weighted by atomic mass is 16.8. The van der Waals surface area contributed by atoms with Crippen LogP contribution in [0.15, 0.2) is 0 Å². The smallest absolute Gasteiger partial charge is 0.305 e. The Labute approximate surface area is 268 Å². The van der Waals surface area contributed by atoms with Crippen molar-refractivity contribution in [1.82, 2.24) is 0 Å². The van der Waals surface area contributed by atoms with Crippen LogP contribution in [-0.2, 0) is 90.5 Å². The van der Waals surface area contributed by atoms with Crippen LogP contribution in [0.3, 0.4) is 0 Å². The van der Waals surface area contributed by atoms with Crippen molar-refractivity contribution in [1.29, 1.82) is 0 Å². The molecule has 0 aromatic heterocycles. The molecule has 0 spiro atoms. The van der Waals surface area contributed by atoms with Gasteiger partial charge in [-0.1, -0.05) is 0 Å². The van der Waals surface area contributed by atoms with Gasteiger partial charge in [-0.25, -0.2) is 0 Å². The lowest BCUT2D eigenvalue weighted by Gasteiger charge is -2.46. The normalized spacial score (nSPS) is 30.0. The van der Waals surface area contributed by atoms with Crippen LogP contribution in [-0.4, -0.2) is 122 Å². The van der Waals surface area contributed by atoms with Gasteiger partial charge in [-0.05, 0) is 0 Å². The molecule has 19 nitrogen and oxygen atoms in total. The molecule has 19 heteroatoms. The summed E-state index contributed by atoms with van der Waals surface area (Å²) in [5.41, 5.74) is 0. The zero-order valence-electron chi connectivity index (χ0n) is 26.9. The summed E-state index contributed by atoms with van der Waals surface area (Å²) >= 11 is 0. The molecule has 264 valence electrons. The van der Waals surface area contributed by atoms with Crippen LogP contribution in [0.4, 0.5) is 0 Å². The summed E-state index contributed by atoms with van der Waals surface area (Å²) in [6.07, 6.45) is -15.6. The molecule has 2 aliphatic heterocycles. The third kappa shape index (κ3) is 12.1. The quantitative estimate of drug-likeness (QED) is 0.181. The molecule has 0 aromatic carbocycles. The Morgan fingerprint density at radius 2 is 0.702 bits per heavy atom. The van der Waals surface area contributed by atoms with Gasteiger partial charge >= 0.3 is 47.8 Å². The third-order valence-electron chi connectivity index (χ3n) is 6.15. The van der Waals surface area contributed by atoms with Crippen molar-refractivity contribution < 1.29 is 90.5 Å². The van der Waals surface area contributed by atoms with Gasteiger partial charge in [0.15, 0.2) is 36.8 Å². The molecule has 10 atom stereocenters. The molecule has 2 heterocycles. The molecule has 2 aliphatic rings. The average Bonchev–Trinajstić information content (AvgIpc) is 2.91. The van der Waals surface area contributed by atoms with Crippen LogP contribution in [0.1, 0.15) is 55.4 Å². The highest BCUT2D eigenvalue weighted by molar-refractivity contribution is 5.70. The van der Waals surface area contributed by atoms with Gasteiger partial charge in [-0.3, -0.25) is 38.4 Å². The average molecular weight is 679 g/mol. The number of ether oxygens (including phenoxy) is 11. The standard InChI is InChI=1S/C28H38O19/c1-11(29)37-9-19-21(39-12(2)30)23(41-14(4)32)25(43-16(6)34)27(46-19)38-10-20-22(40-13(3)31)24(42-15(5)33)26(44-17(7)35)28(47-20)45-18(8)36/h19-28H,9-10H2,1-8H3/t19?,20?,21-,22-,23+,24+,25?,26?,27-,28-/m1/s1. The molecular formula is C28H38O19. The van der Waals surface area contributed by atoms with Gasteiger partial charge in [0.05, 0.1) is 6.61 Å². The van der Waals surface area contributed by atoms with Crippen molar-refractivity contribution in [2.24, 2.45) is 0 Å². The van der Waals surface area contributed by atoms with E-state index in [0.29, 0.717) is 0 Å². The first-order valence-corrected chi connectivity index (χ1v) is 14.2. The Hall–Kier alpha value is -4.36. The number of esters is 8. The fourth-order valence-electron chi connectivity index (χ4n) is 4.76. The number of hydrogen-bond acceptors (Lipinski definition) is 19. The minimum Gasteiger partial charge on any atom is -0.463 e. The molecule has 0 N–H and O–H groups in total. The molecule has 0 saturated carbocycles. The predicted molar refractivity (Wildman–Crippen MR) is 145 cm³/mol. The van der Waals surface area contributed by atoms with Gasteiger partial charge in [0.2, 0.25) is 12.4 Å². The van der Waals surface area contributed by atoms with E-state index in [0.717, 1.165) is 55.4 Å². The molecule has 0 aliphatic carbocycles. The lowest BCUT2D eigenvalue weighted by molar-refractivity contribution is -0.331. The Bertz CT molecular complexity index is 1200. The number of carbonyl (C=O) groups excluding carboxylic acids is 8. The van der Waals surface area contributed by atoms with Crippen molar-refractivity contribution in [2.75, 3.05) is 13.2 Å². The van der Waals surface area contributed by atoms with Crippen molar-refractivity contribution in [3.05, 3.63) is 0 Å². The van der Waals surface area contributed by atoms with E-state index < -0.39 is 122 Å².